The zero-order valence-electron chi connectivity index (χ0n) is 20.7. The summed E-state index contributed by atoms with van der Waals surface area (Å²) >= 11 is 13.9. The Morgan fingerprint density at radius 3 is 2.49 bits per heavy atom. The molecule has 2 N–H and O–H groups in total. The molecule has 2 heterocycles. The molecule has 5 nitrogen and oxygen atoms in total. The lowest BCUT2D eigenvalue weighted by Gasteiger charge is -2.39. The van der Waals surface area contributed by atoms with Crippen LogP contribution in [0.5, 0.6) is 5.75 Å². The van der Waals surface area contributed by atoms with Gasteiger partial charge in [0.25, 0.3) is 0 Å². The van der Waals surface area contributed by atoms with Crippen molar-refractivity contribution in [2.75, 3.05) is 20.2 Å². The number of methoxy groups -OCH3 is 1. The molecular formula is C29H27Cl2FN2O3. The SMILES string of the molecule is COc1cc(-c2cc(Cl)c(C3c4[nH]c5ccccc5c4CCN3CC(C)(C)F)c(Cl)c2)ccc1C(=O)O. The topological polar surface area (TPSA) is 65.6 Å². The number of fused-ring (bicyclic) bond motifs is 3. The maximum absolute atomic E-state index is 14.9. The quantitative estimate of drug-likeness (QED) is 0.265. The predicted molar refractivity (Wildman–Crippen MR) is 146 cm³/mol. The van der Waals surface area contributed by atoms with Crippen molar-refractivity contribution in [2.45, 2.75) is 32.0 Å². The highest BCUT2D eigenvalue weighted by atomic mass is 35.5. The number of carboxylic acid groups (broad SMARTS) is 1. The van der Waals surface area contributed by atoms with E-state index in [2.05, 4.69) is 16.0 Å². The smallest absolute Gasteiger partial charge is 0.339 e. The fraction of sp³-hybridized carbons (Fsp3) is 0.276. The highest BCUT2D eigenvalue weighted by molar-refractivity contribution is 6.36. The summed E-state index contributed by atoms with van der Waals surface area (Å²) in [4.78, 5) is 17.1. The van der Waals surface area contributed by atoms with E-state index in [1.54, 1.807) is 26.0 Å². The molecule has 1 aromatic heterocycles. The Labute approximate surface area is 224 Å². The number of hydrogen-bond donors (Lipinski definition) is 2. The number of aromatic carboxylic acids is 1. The van der Waals surface area contributed by atoms with Crippen molar-refractivity contribution in [2.24, 2.45) is 0 Å². The van der Waals surface area contributed by atoms with Gasteiger partial charge in [0, 0.05) is 45.3 Å². The van der Waals surface area contributed by atoms with Crippen molar-refractivity contribution < 1.29 is 19.0 Å². The third-order valence-corrected chi connectivity index (χ3v) is 7.46. The number of ether oxygens (including phenoxy) is 1. The zero-order chi connectivity index (χ0) is 26.5. The van der Waals surface area contributed by atoms with E-state index in [1.165, 1.54) is 18.7 Å². The number of alkyl halides is 1. The van der Waals surface area contributed by atoms with E-state index in [1.807, 2.05) is 30.3 Å². The number of rotatable bonds is 6. The second-order valence-corrected chi connectivity index (χ2v) is 10.8. The van der Waals surface area contributed by atoms with Crippen LogP contribution in [0.3, 0.4) is 0 Å². The maximum Gasteiger partial charge on any atom is 0.339 e. The summed E-state index contributed by atoms with van der Waals surface area (Å²) in [6.07, 6.45) is 0.787. The molecule has 0 aliphatic carbocycles. The summed E-state index contributed by atoms with van der Waals surface area (Å²) in [6.45, 7) is 4.03. The van der Waals surface area contributed by atoms with Crippen molar-refractivity contribution in [1.82, 2.24) is 9.88 Å². The van der Waals surface area contributed by atoms with E-state index >= 15 is 0 Å². The Kier molecular flexibility index (Phi) is 6.69. The average molecular weight is 541 g/mol. The molecule has 192 valence electrons. The van der Waals surface area contributed by atoms with Crippen LogP contribution in [0, 0.1) is 0 Å². The summed E-state index contributed by atoms with van der Waals surface area (Å²) < 4.78 is 20.2. The highest BCUT2D eigenvalue weighted by Crippen LogP contribution is 2.45. The van der Waals surface area contributed by atoms with Gasteiger partial charge in [0.15, 0.2) is 0 Å². The van der Waals surface area contributed by atoms with Crippen LogP contribution < -0.4 is 4.74 Å². The summed E-state index contributed by atoms with van der Waals surface area (Å²) in [7, 11) is 1.43. The molecule has 0 radical (unpaired) electrons. The minimum Gasteiger partial charge on any atom is -0.496 e. The minimum absolute atomic E-state index is 0.0677. The van der Waals surface area contributed by atoms with Crippen molar-refractivity contribution in [1.29, 1.82) is 0 Å². The fourth-order valence-electron chi connectivity index (χ4n) is 5.33. The van der Waals surface area contributed by atoms with Crippen LogP contribution >= 0.6 is 23.2 Å². The average Bonchev–Trinajstić information content (AvgIpc) is 3.22. The van der Waals surface area contributed by atoms with Gasteiger partial charge in [0.2, 0.25) is 0 Å². The van der Waals surface area contributed by atoms with E-state index in [4.69, 9.17) is 27.9 Å². The summed E-state index contributed by atoms with van der Waals surface area (Å²) in [5, 5.41) is 11.5. The van der Waals surface area contributed by atoms with Crippen LogP contribution in [0.4, 0.5) is 4.39 Å². The summed E-state index contributed by atoms with van der Waals surface area (Å²) in [6, 6.07) is 16.2. The van der Waals surface area contributed by atoms with Gasteiger partial charge in [0.05, 0.1) is 13.2 Å². The molecule has 4 aromatic rings. The number of nitrogens with one attached hydrogen (secondary N) is 1. The summed E-state index contributed by atoms with van der Waals surface area (Å²) in [5.41, 5.74) is 3.99. The third kappa shape index (κ3) is 4.81. The molecule has 8 heteroatoms. The van der Waals surface area contributed by atoms with Gasteiger partial charge in [-0.25, -0.2) is 9.18 Å². The zero-order valence-corrected chi connectivity index (χ0v) is 22.3. The molecule has 0 amide bonds. The van der Waals surface area contributed by atoms with E-state index < -0.39 is 11.6 Å². The molecule has 37 heavy (non-hydrogen) atoms. The molecule has 1 unspecified atom stereocenters. The lowest BCUT2D eigenvalue weighted by molar-refractivity contribution is 0.0693. The molecule has 0 spiro atoms. The Morgan fingerprint density at radius 1 is 1.14 bits per heavy atom. The van der Waals surface area contributed by atoms with Crippen LogP contribution in [0.2, 0.25) is 10.0 Å². The van der Waals surface area contributed by atoms with Crippen LogP contribution in [-0.2, 0) is 6.42 Å². The van der Waals surface area contributed by atoms with Crippen LogP contribution in [0.1, 0.15) is 47.1 Å². The molecular weight excluding hydrogens is 514 g/mol. The molecule has 0 saturated carbocycles. The van der Waals surface area contributed by atoms with Crippen LogP contribution in [-0.4, -0.2) is 46.8 Å². The van der Waals surface area contributed by atoms with Gasteiger partial charge in [-0.1, -0.05) is 47.5 Å². The highest BCUT2D eigenvalue weighted by Gasteiger charge is 2.37. The van der Waals surface area contributed by atoms with Crippen LogP contribution in [0.25, 0.3) is 22.0 Å². The first-order valence-corrected chi connectivity index (χ1v) is 12.8. The first-order valence-electron chi connectivity index (χ1n) is 12.0. The normalized spacial score (nSPS) is 16.1. The van der Waals surface area contributed by atoms with Crippen molar-refractivity contribution in [3.8, 4) is 16.9 Å². The van der Waals surface area contributed by atoms with Crippen LogP contribution in [0.15, 0.2) is 54.6 Å². The molecule has 5 rings (SSSR count). The van der Waals surface area contributed by atoms with Gasteiger partial charge in [-0.2, -0.15) is 0 Å². The van der Waals surface area contributed by atoms with Crippen molar-refractivity contribution >= 4 is 40.1 Å². The van der Waals surface area contributed by atoms with Gasteiger partial charge in [-0.15, -0.1) is 0 Å². The third-order valence-electron chi connectivity index (χ3n) is 6.83. The maximum atomic E-state index is 14.9. The Balaban J connectivity index is 1.64. The number of benzene rings is 3. The number of carbonyl (C=O) groups is 1. The van der Waals surface area contributed by atoms with E-state index in [0.717, 1.165) is 28.6 Å². The second kappa shape index (κ2) is 9.67. The van der Waals surface area contributed by atoms with Crippen molar-refractivity contribution in [3.63, 3.8) is 0 Å². The number of aromatic nitrogens is 1. The minimum atomic E-state index is -1.41. The van der Waals surface area contributed by atoms with Gasteiger partial charge < -0.3 is 14.8 Å². The van der Waals surface area contributed by atoms with Gasteiger partial charge >= 0.3 is 5.97 Å². The van der Waals surface area contributed by atoms with E-state index in [9.17, 15) is 14.3 Å². The lowest BCUT2D eigenvalue weighted by Crippen LogP contribution is -2.43. The number of carboxylic acids is 1. The number of aromatic amines is 1. The number of nitrogens with zero attached hydrogens (tertiary/aromatic N) is 1. The Hall–Kier alpha value is -3.06. The molecule has 1 atom stereocenters. The van der Waals surface area contributed by atoms with Gasteiger partial charge in [-0.05, 0) is 67.3 Å². The fourth-order valence-corrected chi connectivity index (χ4v) is 6.02. The number of H-pyrrole nitrogens is 1. The number of halogens is 3. The largest absolute Gasteiger partial charge is 0.496 e. The summed E-state index contributed by atoms with van der Waals surface area (Å²) in [5.74, 6) is -0.829. The first kappa shape index (κ1) is 25.6. The Morgan fingerprint density at radius 2 is 1.84 bits per heavy atom. The van der Waals surface area contributed by atoms with E-state index in [-0.39, 0.29) is 23.9 Å². The first-order chi connectivity index (χ1) is 17.6. The molecule has 1 aliphatic rings. The number of para-hydroxylation sites is 1. The van der Waals surface area contributed by atoms with Gasteiger partial charge in [-0.3, -0.25) is 4.90 Å². The molecule has 0 bridgehead atoms. The predicted octanol–water partition coefficient (Wildman–Crippen LogP) is 7.54. The molecule has 1 aliphatic heterocycles. The second-order valence-electron chi connectivity index (χ2n) is 9.98. The molecule has 3 aromatic carbocycles. The van der Waals surface area contributed by atoms with Crippen molar-refractivity contribution in [3.05, 3.63) is 87.0 Å². The monoisotopic (exact) mass is 540 g/mol. The molecule has 0 saturated heterocycles. The Bertz CT molecular complexity index is 1490. The van der Waals surface area contributed by atoms with Gasteiger partial charge in [0.1, 0.15) is 17.0 Å². The lowest BCUT2D eigenvalue weighted by atomic mass is 9.90. The standard InChI is InChI=1S/C29H27Cl2FN2O3/c1-29(2,32)15-34-11-10-19-18-6-4-5-7-23(18)33-26(19)27(34)25-21(30)12-17(13-22(25)31)16-8-9-20(28(35)36)24(14-16)37-3/h4-9,12-14,27,33H,10-11,15H2,1-3H3,(H,35,36). The number of hydrogen-bond acceptors (Lipinski definition) is 3. The van der Waals surface area contributed by atoms with E-state index in [0.29, 0.717) is 27.7 Å². The molecule has 0 fully saturated rings.